The first-order chi connectivity index (χ1) is 22.3. The fourth-order valence-electron chi connectivity index (χ4n) is 4.15. The molecule has 262 valence electrons. The Labute approximate surface area is 279 Å². The number of hydrogen-bond acceptors (Lipinski definition) is 6. The van der Waals surface area contributed by atoms with Crippen molar-refractivity contribution in [1.29, 1.82) is 0 Å². The van der Waals surface area contributed by atoms with Crippen LogP contribution in [0.1, 0.15) is 129 Å². The monoisotopic (exact) mass is 664 g/mol. The van der Waals surface area contributed by atoms with Crippen LogP contribution in [0.3, 0.4) is 0 Å². The Hall–Kier alpha value is -2.51. The third-order valence-electron chi connectivity index (χ3n) is 6.71. The Balaban J connectivity index is 4.16. The van der Waals surface area contributed by atoms with Crippen LogP contribution in [0.15, 0.2) is 72.9 Å². The second-order valence-electron chi connectivity index (χ2n) is 11.1. The van der Waals surface area contributed by atoms with Gasteiger partial charge in [-0.15, -0.1) is 0 Å². The van der Waals surface area contributed by atoms with Crippen LogP contribution in [0.2, 0.25) is 0 Å². The normalized spacial score (nSPS) is 13.4. The molecule has 0 saturated carbocycles. The van der Waals surface area contributed by atoms with Crippen molar-refractivity contribution in [2.24, 2.45) is 0 Å². The summed E-state index contributed by atoms with van der Waals surface area (Å²) in [6.07, 6.45) is 40.6. The lowest BCUT2D eigenvalue weighted by Gasteiger charge is -2.18. The average molecular weight is 665 g/mol. The maximum atomic E-state index is 12.3. The second kappa shape index (κ2) is 32.4. The molecule has 0 aliphatic carbocycles. The maximum absolute atomic E-state index is 12.3. The maximum Gasteiger partial charge on any atom is 0.469 e. The summed E-state index contributed by atoms with van der Waals surface area (Å²) in [5.41, 5.74) is 0. The third kappa shape index (κ3) is 34.4. The minimum atomic E-state index is -4.77. The van der Waals surface area contributed by atoms with Crippen molar-refractivity contribution in [3.63, 3.8) is 0 Å². The molecule has 0 heterocycles. The fourth-order valence-corrected chi connectivity index (χ4v) is 4.51. The van der Waals surface area contributed by atoms with Gasteiger partial charge in [-0.25, -0.2) is 4.57 Å². The molecular weight excluding hydrogens is 603 g/mol. The summed E-state index contributed by atoms with van der Waals surface area (Å²) in [6, 6.07) is 0. The zero-order valence-electron chi connectivity index (χ0n) is 28.4. The highest BCUT2D eigenvalue weighted by Gasteiger charge is 2.22. The van der Waals surface area contributed by atoms with Crippen LogP contribution >= 0.6 is 7.82 Å². The van der Waals surface area contributed by atoms with Crippen LogP contribution in [0.5, 0.6) is 0 Å². The number of rotatable bonds is 30. The number of ether oxygens (including phenoxy) is 2. The van der Waals surface area contributed by atoms with Crippen molar-refractivity contribution in [3.05, 3.63) is 72.9 Å². The van der Waals surface area contributed by atoms with E-state index in [0.29, 0.717) is 19.3 Å². The summed E-state index contributed by atoms with van der Waals surface area (Å²) in [6.45, 7) is 3.44. The minimum absolute atomic E-state index is 0.128. The highest BCUT2D eigenvalue weighted by Crippen LogP contribution is 2.35. The van der Waals surface area contributed by atoms with Crippen molar-refractivity contribution in [3.8, 4) is 0 Å². The third-order valence-corrected chi connectivity index (χ3v) is 7.19. The Morgan fingerprint density at radius 2 is 1.07 bits per heavy atom. The molecule has 0 aliphatic rings. The summed E-state index contributed by atoms with van der Waals surface area (Å²) in [4.78, 5) is 42.5. The number of carbonyl (C=O) groups is 2. The number of hydrogen-bond donors (Lipinski definition) is 2. The molecule has 0 aromatic heterocycles. The van der Waals surface area contributed by atoms with Gasteiger partial charge in [0.1, 0.15) is 6.61 Å². The quantitative estimate of drug-likeness (QED) is 0.0337. The highest BCUT2D eigenvalue weighted by molar-refractivity contribution is 7.46. The van der Waals surface area contributed by atoms with Crippen LogP contribution in [0.25, 0.3) is 0 Å². The molecule has 8 nitrogen and oxygen atoms in total. The minimum Gasteiger partial charge on any atom is -0.462 e. The summed E-state index contributed by atoms with van der Waals surface area (Å²) >= 11 is 0. The summed E-state index contributed by atoms with van der Waals surface area (Å²) in [5.74, 6) is -0.975. The number of allylic oxidation sites excluding steroid dienone is 12. The van der Waals surface area contributed by atoms with E-state index in [9.17, 15) is 14.2 Å². The molecule has 0 bridgehead atoms. The van der Waals surface area contributed by atoms with Crippen LogP contribution in [0.4, 0.5) is 0 Å². The van der Waals surface area contributed by atoms with Crippen molar-refractivity contribution in [2.75, 3.05) is 13.2 Å². The lowest BCUT2D eigenvalue weighted by atomic mass is 10.1. The van der Waals surface area contributed by atoms with Crippen molar-refractivity contribution < 1.29 is 37.9 Å². The molecule has 0 spiro atoms. The first-order valence-electron chi connectivity index (χ1n) is 17.2. The molecule has 9 heteroatoms. The van der Waals surface area contributed by atoms with Gasteiger partial charge in [0.25, 0.3) is 0 Å². The molecular formula is C37H61O8P. The highest BCUT2D eigenvalue weighted by atomic mass is 31.2. The van der Waals surface area contributed by atoms with Gasteiger partial charge >= 0.3 is 19.8 Å². The molecule has 0 fully saturated rings. The van der Waals surface area contributed by atoms with E-state index < -0.39 is 32.5 Å². The lowest BCUT2D eigenvalue weighted by Crippen LogP contribution is -2.29. The molecule has 0 saturated heterocycles. The standard InChI is InChI=1S/C37H61O8P/c1-3-5-7-9-11-13-15-16-17-18-19-20-22-24-26-28-30-32-37(39)45-35(34-44-46(40,41)42)33-43-36(38)31-29-27-25-23-21-14-12-10-8-6-4-2/h5,7,10-13,16-17,19-20,24,26,35H,3-4,6,8-9,14-15,18,21-23,25,27-34H2,1-2H3,(H2,40,41,42)/b7-5-,12-10-,13-11-,17-16-,20-19-,26-24-. The average Bonchev–Trinajstić information content (AvgIpc) is 3.02. The van der Waals surface area contributed by atoms with Gasteiger partial charge < -0.3 is 19.3 Å². The van der Waals surface area contributed by atoms with Crippen molar-refractivity contribution >= 4 is 19.8 Å². The molecule has 0 aliphatic heterocycles. The Kier molecular flexibility index (Phi) is 30.7. The van der Waals surface area contributed by atoms with Crippen LogP contribution in [-0.2, 0) is 28.2 Å². The van der Waals surface area contributed by atoms with E-state index in [1.165, 1.54) is 12.8 Å². The van der Waals surface area contributed by atoms with E-state index >= 15 is 0 Å². The fraction of sp³-hybridized carbons (Fsp3) is 0.622. The number of esters is 2. The molecule has 2 N–H and O–H groups in total. The Morgan fingerprint density at radius 1 is 0.587 bits per heavy atom. The summed E-state index contributed by atoms with van der Waals surface area (Å²) in [5, 5.41) is 0. The molecule has 0 aromatic carbocycles. The van der Waals surface area contributed by atoms with Gasteiger partial charge in [-0.1, -0.05) is 119 Å². The van der Waals surface area contributed by atoms with Crippen molar-refractivity contribution in [2.45, 2.75) is 136 Å². The first-order valence-corrected chi connectivity index (χ1v) is 18.8. The number of phosphoric acid groups is 1. The van der Waals surface area contributed by atoms with Gasteiger partial charge in [-0.05, 0) is 70.6 Å². The zero-order valence-corrected chi connectivity index (χ0v) is 29.3. The van der Waals surface area contributed by atoms with E-state index in [1.54, 1.807) is 0 Å². The largest absolute Gasteiger partial charge is 0.469 e. The Morgan fingerprint density at radius 3 is 1.65 bits per heavy atom. The summed E-state index contributed by atoms with van der Waals surface area (Å²) in [7, 11) is -4.77. The van der Waals surface area contributed by atoms with Gasteiger partial charge in [0.05, 0.1) is 6.61 Å². The molecule has 1 unspecified atom stereocenters. The lowest BCUT2D eigenvalue weighted by molar-refractivity contribution is -0.161. The van der Waals surface area contributed by atoms with E-state index in [2.05, 4.69) is 79.1 Å². The van der Waals surface area contributed by atoms with Crippen LogP contribution < -0.4 is 0 Å². The number of phosphoric ester groups is 1. The van der Waals surface area contributed by atoms with Crippen LogP contribution in [0, 0.1) is 0 Å². The topological polar surface area (TPSA) is 119 Å². The summed E-state index contributed by atoms with van der Waals surface area (Å²) < 4.78 is 26.1. The smallest absolute Gasteiger partial charge is 0.462 e. The molecule has 0 rings (SSSR count). The van der Waals surface area contributed by atoms with Gasteiger partial charge in [0.2, 0.25) is 0 Å². The SMILES string of the molecule is CC/C=C\C/C=C\C/C=C\C/C=C\C/C=C\CCCC(=O)OC(COC(=O)CCCCCCC/C=C\CCCC)COP(=O)(O)O. The van der Waals surface area contributed by atoms with Gasteiger partial charge in [0.15, 0.2) is 6.10 Å². The predicted molar refractivity (Wildman–Crippen MR) is 188 cm³/mol. The van der Waals surface area contributed by atoms with Gasteiger partial charge in [-0.2, -0.15) is 0 Å². The molecule has 0 amide bonds. The molecule has 1 atom stereocenters. The van der Waals surface area contributed by atoms with E-state index in [0.717, 1.165) is 70.6 Å². The van der Waals surface area contributed by atoms with E-state index in [-0.39, 0.29) is 19.4 Å². The Bertz CT molecular complexity index is 974. The molecule has 46 heavy (non-hydrogen) atoms. The number of unbranched alkanes of at least 4 members (excludes halogenated alkanes) is 8. The molecule has 0 aromatic rings. The molecule has 0 radical (unpaired) electrons. The zero-order chi connectivity index (χ0) is 34.0. The van der Waals surface area contributed by atoms with Crippen molar-refractivity contribution in [1.82, 2.24) is 0 Å². The van der Waals surface area contributed by atoms with E-state index in [1.807, 2.05) is 12.2 Å². The van der Waals surface area contributed by atoms with Crippen LogP contribution in [-0.4, -0.2) is 41.0 Å². The first kappa shape index (κ1) is 43.5. The second-order valence-corrected chi connectivity index (χ2v) is 12.3. The van der Waals surface area contributed by atoms with Gasteiger partial charge in [0, 0.05) is 12.8 Å². The number of carbonyl (C=O) groups excluding carboxylic acids is 2. The van der Waals surface area contributed by atoms with Gasteiger partial charge in [-0.3, -0.25) is 14.1 Å². The van der Waals surface area contributed by atoms with E-state index in [4.69, 9.17) is 19.3 Å². The predicted octanol–water partition coefficient (Wildman–Crippen LogP) is 9.95.